The van der Waals surface area contributed by atoms with Crippen LogP contribution in [0.3, 0.4) is 0 Å². The molecular formula is C30H32BrNO9. The number of phenolic OH excluding ortho intramolecular Hbond substituents is 1. The summed E-state index contributed by atoms with van der Waals surface area (Å²) in [4.78, 5) is 13.1. The number of ketones is 1. The highest BCUT2D eigenvalue weighted by molar-refractivity contribution is 9.10. The van der Waals surface area contributed by atoms with Crippen LogP contribution < -0.4 is 38.5 Å². The number of nitrogens with one attached hydrogen (secondary N) is 1. The van der Waals surface area contributed by atoms with Gasteiger partial charge in [0.1, 0.15) is 0 Å². The van der Waals surface area contributed by atoms with Gasteiger partial charge < -0.3 is 43.6 Å². The lowest BCUT2D eigenvalue weighted by atomic mass is 10.1. The van der Waals surface area contributed by atoms with Crippen LogP contribution in [-0.4, -0.2) is 60.7 Å². The van der Waals surface area contributed by atoms with E-state index in [1.807, 2.05) is 6.08 Å². The van der Waals surface area contributed by atoms with Crippen molar-refractivity contribution in [1.82, 2.24) is 0 Å². The predicted octanol–water partition coefficient (Wildman–Crippen LogP) is 6.19. The van der Waals surface area contributed by atoms with Crippen LogP contribution in [0.5, 0.6) is 46.0 Å². The van der Waals surface area contributed by atoms with Crippen molar-refractivity contribution in [1.29, 1.82) is 0 Å². The molecule has 0 spiro atoms. The van der Waals surface area contributed by atoms with Crippen LogP contribution >= 0.6 is 15.9 Å². The van der Waals surface area contributed by atoms with Crippen LogP contribution in [-0.2, 0) is 0 Å². The average Bonchev–Trinajstić information content (AvgIpc) is 2.98. The van der Waals surface area contributed by atoms with Crippen molar-refractivity contribution in [2.75, 3.05) is 55.1 Å². The molecule has 10 nitrogen and oxygen atoms in total. The summed E-state index contributed by atoms with van der Waals surface area (Å²) in [5.74, 6) is 2.32. The van der Waals surface area contributed by atoms with Crippen LogP contribution in [0.2, 0.25) is 0 Å². The number of carbonyl (C=O) groups excluding carboxylic acids is 1. The van der Waals surface area contributed by atoms with Gasteiger partial charge in [0.25, 0.3) is 0 Å². The van der Waals surface area contributed by atoms with Crippen molar-refractivity contribution in [3.8, 4) is 46.0 Å². The van der Waals surface area contributed by atoms with E-state index in [1.54, 1.807) is 50.6 Å². The average molecular weight is 630 g/mol. The van der Waals surface area contributed by atoms with Crippen LogP contribution in [0.15, 0.2) is 47.1 Å². The largest absolute Gasteiger partial charge is 0.504 e. The van der Waals surface area contributed by atoms with Gasteiger partial charge in [0.15, 0.2) is 40.3 Å². The molecular weight excluding hydrogens is 598 g/mol. The highest BCUT2D eigenvalue weighted by Gasteiger charge is 2.22. The lowest BCUT2D eigenvalue weighted by Gasteiger charge is -2.15. The van der Waals surface area contributed by atoms with E-state index in [0.29, 0.717) is 55.8 Å². The highest BCUT2D eigenvalue weighted by atomic mass is 79.9. The molecule has 11 heteroatoms. The number of anilines is 1. The number of ether oxygens (including phenoxy) is 7. The van der Waals surface area contributed by atoms with Crippen molar-refractivity contribution < 1.29 is 43.1 Å². The summed E-state index contributed by atoms with van der Waals surface area (Å²) in [6, 6.07) is 8.47. The molecule has 3 aromatic rings. The fraction of sp³-hybridized carbons (Fsp3) is 0.233. The SMILES string of the molecule is COc1cc(/C=C\c2cc(O)c(OC)c(N/C=C\C(=O)c3cc(OC)c(OC)c(OC)c3Br)c2)cc(OC)c1OC. The first-order valence-electron chi connectivity index (χ1n) is 12.1. The second-order valence-electron chi connectivity index (χ2n) is 8.26. The Hall–Kier alpha value is -4.51. The molecule has 3 aromatic carbocycles. The van der Waals surface area contributed by atoms with Gasteiger partial charge in [-0.2, -0.15) is 0 Å². The van der Waals surface area contributed by atoms with Crippen LogP contribution in [0, 0.1) is 0 Å². The molecule has 41 heavy (non-hydrogen) atoms. The molecule has 0 aliphatic rings. The zero-order valence-electron chi connectivity index (χ0n) is 23.8. The topological polar surface area (TPSA) is 114 Å². The van der Waals surface area contributed by atoms with Gasteiger partial charge in [-0.25, -0.2) is 0 Å². The number of phenols is 1. The summed E-state index contributed by atoms with van der Waals surface area (Å²) in [5, 5.41) is 13.6. The molecule has 0 aliphatic carbocycles. The fourth-order valence-electron chi connectivity index (χ4n) is 4.04. The van der Waals surface area contributed by atoms with Crippen molar-refractivity contribution in [2.45, 2.75) is 0 Å². The molecule has 0 saturated carbocycles. The van der Waals surface area contributed by atoms with Gasteiger partial charge in [-0.1, -0.05) is 12.2 Å². The third-order valence-electron chi connectivity index (χ3n) is 5.96. The van der Waals surface area contributed by atoms with Gasteiger partial charge in [0, 0.05) is 17.8 Å². The van der Waals surface area contributed by atoms with E-state index in [-0.39, 0.29) is 17.3 Å². The Morgan fingerprint density at radius 3 is 1.71 bits per heavy atom. The molecule has 0 atom stereocenters. The first kappa shape index (κ1) is 31.0. The third-order valence-corrected chi connectivity index (χ3v) is 6.75. The summed E-state index contributed by atoms with van der Waals surface area (Å²) >= 11 is 3.42. The molecule has 0 aliphatic heterocycles. The molecule has 0 unspecified atom stereocenters. The van der Waals surface area contributed by atoms with Gasteiger partial charge >= 0.3 is 0 Å². The van der Waals surface area contributed by atoms with Gasteiger partial charge in [-0.05, 0) is 57.4 Å². The van der Waals surface area contributed by atoms with E-state index < -0.39 is 0 Å². The Balaban J connectivity index is 1.90. The number of allylic oxidation sites excluding steroid dienone is 1. The smallest absolute Gasteiger partial charge is 0.204 e. The second kappa shape index (κ2) is 14.2. The minimum atomic E-state index is -0.342. The minimum absolute atomic E-state index is 0.0888. The number of hydrogen-bond acceptors (Lipinski definition) is 10. The molecule has 0 bridgehead atoms. The molecule has 0 amide bonds. The van der Waals surface area contributed by atoms with Gasteiger partial charge in [0.2, 0.25) is 11.5 Å². The van der Waals surface area contributed by atoms with Crippen molar-refractivity contribution >= 4 is 39.6 Å². The summed E-state index contributed by atoms with van der Waals surface area (Å²) in [7, 11) is 10.5. The lowest BCUT2D eigenvalue weighted by Crippen LogP contribution is -2.03. The van der Waals surface area contributed by atoms with E-state index >= 15 is 0 Å². The Kier molecular flexibility index (Phi) is 10.8. The first-order chi connectivity index (χ1) is 19.8. The Morgan fingerprint density at radius 2 is 1.20 bits per heavy atom. The molecule has 0 aromatic heterocycles. The predicted molar refractivity (Wildman–Crippen MR) is 161 cm³/mol. The summed E-state index contributed by atoms with van der Waals surface area (Å²) in [6.07, 6.45) is 6.41. The number of methoxy groups -OCH3 is 7. The number of hydrogen-bond donors (Lipinski definition) is 2. The van der Waals surface area contributed by atoms with E-state index in [2.05, 4.69) is 21.2 Å². The van der Waals surface area contributed by atoms with E-state index in [1.165, 1.54) is 47.8 Å². The fourth-order valence-corrected chi connectivity index (χ4v) is 4.69. The minimum Gasteiger partial charge on any atom is -0.504 e. The first-order valence-corrected chi connectivity index (χ1v) is 12.9. The maximum atomic E-state index is 13.1. The summed E-state index contributed by atoms with van der Waals surface area (Å²) in [6.45, 7) is 0. The molecule has 3 rings (SSSR count). The maximum absolute atomic E-state index is 13.1. The standard InChI is InChI=1S/C30H32BrNO9/c1-35-23-14-18(15-24(36-2)28(23)39-5)9-8-17-12-20(27(38-4)22(34)13-17)32-11-10-21(33)19-16-25(37-3)29(40-6)30(41-7)26(19)31/h8-16,32,34H,1-7H3/b9-8-,11-10-. The quantitative estimate of drug-likeness (QED) is 0.129. The second-order valence-corrected chi connectivity index (χ2v) is 9.05. The number of aromatic hydroxyl groups is 1. The summed E-state index contributed by atoms with van der Waals surface area (Å²) < 4.78 is 38.1. The molecule has 0 heterocycles. The van der Waals surface area contributed by atoms with E-state index in [0.717, 1.165) is 5.56 Å². The Labute approximate surface area is 247 Å². The summed E-state index contributed by atoms with van der Waals surface area (Å²) in [5.41, 5.74) is 2.18. The Morgan fingerprint density at radius 1 is 0.683 bits per heavy atom. The molecule has 218 valence electrons. The van der Waals surface area contributed by atoms with E-state index in [9.17, 15) is 9.90 Å². The zero-order chi connectivity index (χ0) is 30.1. The number of carbonyl (C=O) groups is 1. The highest BCUT2D eigenvalue weighted by Crippen LogP contribution is 2.45. The van der Waals surface area contributed by atoms with Gasteiger partial charge in [-0.15, -0.1) is 0 Å². The normalized spacial score (nSPS) is 10.9. The zero-order valence-corrected chi connectivity index (χ0v) is 25.4. The molecule has 0 radical (unpaired) electrons. The molecule has 2 N–H and O–H groups in total. The van der Waals surface area contributed by atoms with Crippen LogP contribution in [0.25, 0.3) is 12.2 Å². The van der Waals surface area contributed by atoms with E-state index in [4.69, 9.17) is 33.2 Å². The van der Waals surface area contributed by atoms with Crippen molar-refractivity contribution in [3.05, 3.63) is 63.8 Å². The number of rotatable bonds is 13. The monoisotopic (exact) mass is 629 g/mol. The third kappa shape index (κ3) is 6.80. The Bertz CT molecular complexity index is 1440. The van der Waals surface area contributed by atoms with Gasteiger partial charge in [0.05, 0.1) is 59.9 Å². The van der Waals surface area contributed by atoms with Gasteiger partial charge in [-0.3, -0.25) is 4.79 Å². The molecule has 0 saturated heterocycles. The van der Waals surface area contributed by atoms with Crippen LogP contribution in [0.1, 0.15) is 21.5 Å². The maximum Gasteiger partial charge on any atom is 0.204 e. The number of benzene rings is 3. The van der Waals surface area contributed by atoms with Crippen molar-refractivity contribution in [3.63, 3.8) is 0 Å². The lowest BCUT2D eigenvalue weighted by molar-refractivity contribution is 0.104. The number of halogens is 1. The van der Waals surface area contributed by atoms with Crippen LogP contribution in [0.4, 0.5) is 5.69 Å². The molecule has 0 fully saturated rings. The van der Waals surface area contributed by atoms with Crippen molar-refractivity contribution in [2.24, 2.45) is 0 Å².